The molecular weight excluding hydrogens is 258 g/mol. The van der Waals surface area contributed by atoms with E-state index in [1.54, 1.807) is 24.3 Å². The van der Waals surface area contributed by atoms with Gasteiger partial charge in [-0.05, 0) is 49.6 Å². The molecule has 0 radical (unpaired) electrons. The number of rotatable bonds is 7. The van der Waals surface area contributed by atoms with Crippen LogP contribution in [0.15, 0.2) is 29.3 Å². The number of nitrogens with one attached hydrogen (secondary N) is 1. The van der Waals surface area contributed by atoms with Crippen LogP contribution in [-0.4, -0.2) is 42.1 Å². The lowest BCUT2D eigenvalue weighted by molar-refractivity contribution is 0.0949. The minimum atomic E-state index is -0.0648. The number of carbonyl (C=O) groups excluding carboxylic acids is 1. The number of carbonyl (C=O) groups is 1. The number of aliphatic imine (C=N–C) groups is 1. The third kappa shape index (κ3) is 5.30. The van der Waals surface area contributed by atoms with Crippen molar-refractivity contribution >= 4 is 29.0 Å². The van der Waals surface area contributed by atoms with Gasteiger partial charge in [0.15, 0.2) is 0 Å². The zero-order valence-corrected chi connectivity index (χ0v) is 12.2. The van der Waals surface area contributed by atoms with Gasteiger partial charge in [0.25, 0.3) is 5.91 Å². The summed E-state index contributed by atoms with van der Waals surface area (Å²) in [4.78, 5) is 18.0. The summed E-state index contributed by atoms with van der Waals surface area (Å²) in [6.07, 6.45) is 0. The molecule has 0 spiro atoms. The quantitative estimate of drug-likeness (QED) is 0.615. The van der Waals surface area contributed by atoms with Crippen LogP contribution >= 0.6 is 12.2 Å². The second kappa shape index (κ2) is 8.53. The number of benzene rings is 1. The topological polar surface area (TPSA) is 44.7 Å². The molecule has 0 unspecified atom stereocenters. The molecule has 0 saturated carbocycles. The molecule has 19 heavy (non-hydrogen) atoms. The van der Waals surface area contributed by atoms with E-state index >= 15 is 0 Å². The Balaban J connectivity index is 2.47. The second-order valence-electron chi connectivity index (χ2n) is 4.03. The Bertz CT molecular complexity index is 448. The van der Waals surface area contributed by atoms with Gasteiger partial charge in [-0.3, -0.25) is 4.79 Å². The van der Waals surface area contributed by atoms with Crippen LogP contribution in [0.4, 0.5) is 5.69 Å². The molecule has 1 amide bonds. The molecule has 0 bridgehead atoms. The minimum absolute atomic E-state index is 0.0648. The molecule has 0 heterocycles. The highest BCUT2D eigenvalue weighted by atomic mass is 32.1. The van der Waals surface area contributed by atoms with E-state index in [0.29, 0.717) is 17.8 Å². The van der Waals surface area contributed by atoms with E-state index in [0.717, 1.165) is 19.6 Å². The zero-order valence-electron chi connectivity index (χ0n) is 11.3. The van der Waals surface area contributed by atoms with E-state index < -0.39 is 0 Å². The molecule has 0 aliphatic carbocycles. The first-order valence-corrected chi connectivity index (χ1v) is 6.80. The van der Waals surface area contributed by atoms with Gasteiger partial charge < -0.3 is 10.2 Å². The zero-order chi connectivity index (χ0) is 14.1. The maximum Gasteiger partial charge on any atom is 0.251 e. The molecule has 0 fully saturated rings. The lowest BCUT2D eigenvalue weighted by atomic mass is 10.2. The van der Waals surface area contributed by atoms with Gasteiger partial charge in [0.1, 0.15) is 0 Å². The number of nitrogens with zero attached hydrogens (tertiary/aromatic N) is 2. The Kier molecular flexibility index (Phi) is 6.97. The predicted octanol–water partition coefficient (Wildman–Crippen LogP) is 2.49. The summed E-state index contributed by atoms with van der Waals surface area (Å²) in [5.74, 6) is -0.0648. The van der Waals surface area contributed by atoms with Crippen LogP contribution in [0.3, 0.4) is 0 Å². The van der Waals surface area contributed by atoms with Crippen molar-refractivity contribution in [3.05, 3.63) is 29.8 Å². The molecule has 1 rings (SSSR count). The summed E-state index contributed by atoms with van der Waals surface area (Å²) in [7, 11) is 0. The fourth-order valence-corrected chi connectivity index (χ4v) is 1.81. The van der Waals surface area contributed by atoms with E-state index in [2.05, 4.69) is 46.4 Å². The minimum Gasteiger partial charge on any atom is -0.351 e. The van der Waals surface area contributed by atoms with E-state index in [4.69, 9.17) is 0 Å². The highest BCUT2D eigenvalue weighted by Gasteiger charge is 2.05. The molecule has 0 aromatic heterocycles. The van der Waals surface area contributed by atoms with Crippen molar-refractivity contribution in [2.45, 2.75) is 13.8 Å². The summed E-state index contributed by atoms with van der Waals surface area (Å²) in [6.45, 7) is 7.74. The van der Waals surface area contributed by atoms with Crippen LogP contribution in [-0.2, 0) is 0 Å². The first-order valence-electron chi connectivity index (χ1n) is 6.39. The van der Waals surface area contributed by atoms with Crippen molar-refractivity contribution in [3.63, 3.8) is 0 Å². The molecule has 0 aliphatic heterocycles. The van der Waals surface area contributed by atoms with Gasteiger partial charge in [0.2, 0.25) is 0 Å². The lowest BCUT2D eigenvalue weighted by Gasteiger charge is -2.17. The maximum atomic E-state index is 11.9. The van der Waals surface area contributed by atoms with Crippen molar-refractivity contribution in [1.29, 1.82) is 0 Å². The smallest absolute Gasteiger partial charge is 0.251 e. The largest absolute Gasteiger partial charge is 0.351 e. The molecule has 4 nitrogen and oxygen atoms in total. The molecule has 102 valence electrons. The summed E-state index contributed by atoms with van der Waals surface area (Å²) in [5.41, 5.74) is 1.33. The first-order chi connectivity index (χ1) is 9.21. The number of hydrogen-bond donors (Lipinski definition) is 1. The number of thiocarbonyl (C=S) groups is 1. The molecule has 0 aliphatic rings. The van der Waals surface area contributed by atoms with Crippen molar-refractivity contribution in [1.82, 2.24) is 10.2 Å². The Morgan fingerprint density at radius 3 is 2.47 bits per heavy atom. The number of likely N-dealkylation sites (N-methyl/N-ethyl adjacent to an activating group) is 1. The molecular formula is C14H19N3OS. The third-order valence-corrected chi connectivity index (χ3v) is 3.00. The molecule has 5 heteroatoms. The molecule has 0 saturated heterocycles. The second-order valence-corrected chi connectivity index (χ2v) is 4.22. The van der Waals surface area contributed by atoms with Crippen LogP contribution in [0.1, 0.15) is 24.2 Å². The summed E-state index contributed by atoms with van der Waals surface area (Å²) >= 11 is 4.52. The number of amides is 1. The lowest BCUT2D eigenvalue weighted by Crippen LogP contribution is -2.34. The number of isothiocyanates is 1. The third-order valence-electron chi connectivity index (χ3n) is 2.91. The van der Waals surface area contributed by atoms with Crippen LogP contribution in [0.5, 0.6) is 0 Å². The van der Waals surface area contributed by atoms with Crippen LogP contribution in [0.25, 0.3) is 0 Å². The fraction of sp³-hybridized carbons (Fsp3) is 0.429. The van der Waals surface area contributed by atoms with E-state index in [9.17, 15) is 4.79 Å². The molecule has 1 aromatic carbocycles. The Morgan fingerprint density at radius 2 is 1.95 bits per heavy atom. The Morgan fingerprint density at radius 1 is 1.32 bits per heavy atom. The van der Waals surface area contributed by atoms with Gasteiger partial charge in [-0.15, -0.1) is 0 Å². The molecule has 1 aromatic rings. The van der Waals surface area contributed by atoms with Gasteiger partial charge in [0.05, 0.1) is 10.8 Å². The van der Waals surface area contributed by atoms with Crippen molar-refractivity contribution in [2.75, 3.05) is 26.2 Å². The van der Waals surface area contributed by atoms with Gasteiger partial charge in [-0.25, -0.2) is 0 Å². The Labute approximate surface area is 119 Å². The summed E-state index contributed by atoms with van der Waals surface area (Å²) < 4.78 is 0. The van der Waals surface area contributed by atoms with Crippen molar-refractivity contribution in [2.24, 2.45) is 4.99 Å². The van der Waals surface area contributed by atoms with Crippen molar-refractivity contribution < 1.29 is 4.79 Å². The van der Waals surface area contributed by atoms with Crippen LogP contribution in [0.2, 0.25) is 0 Å². The summed E-state index contributed by atoms with van der Waals surface area (Å²) in [6, 6.07) is 6.97. The molecule has 0 atom stereocenters. The van der Waals surface area contributed by atoms with E-state index in [1.807, 2.05) is 0 Å². The SMILES string of the molecule is CCN(CC)CCNC(=O)c1ccc(N=C=S)cc1. The molecule has 1 N–H and O–H groups in total. The van der Waals surface area contributed by atoms with E-state index in [-0.39, 0.29) is 5.91 Å². The van der Waals surface area contributed by atoms with Gasteiger partial charge in [-0.1, -0.05) is 13.8 Å². The van der Waals surface area contributed by atoms with Gasteiger partial charge in [0, 0.05) is 18.7 Å². The average molecular weight is 277 g/mol. The monoisotopic (exact) mass is 277 g/mol. The fourth-order valence-electron chi connectivity index (χ4n) is 1.71. The highest BCUT2D eigenvalue weighted by Crippen LogP contribution is 2.11. The maximum absolute atomic E-state index is 11.9. The number of hydrogen-bond acceptors (Lipinski definition) is 4. The summed E-state index contributed by atoms with van der Waals surface area (Å²) in [5, 5.41) is 5.20. The van der Waals surface area contributed by atoms with Gasteiger partial charge >= 0.3 is 0 Å². The normalized spacial score (nSPS) is 10.1. The van der Waals surface area contributed by atoms with Crippen LogP contribution < -0.4 is 5.32 Å². The standard InChI is InChI=1S/C14H19N3OS/c1-3-17(4-2)10-9-15-14(18)12-5-7-13(8-6-12)16-11-19/h5-8H,3-4,9-10H2,1-2H3,(H,15,18). The van der Waals surface area contributed by atoms with Crippen molar-refractivity contribution in [3.8, 4) is 0 Å². The van der Waals surface area contributed by atoms with E-state index in [1.165, 1.54) is 0 Å². The average Bonchev–Trinajstić information content (AvgIpc) is 2.44. The first kappa shape index (κ1) is 15.5. The predicted molar refractivity (Wildman–Crippen MR) is 81.2 cm³/mol. The highest BCUT2D eigenvalue weighted by molar-refractivity contribution is 7.78. The van der Waals surface area contributed by atoms with Crippen LogP contribution in [0, 0.1) is 0 Å². The Hall–Kier alpha value is -1.55. The van der Waals surface area contributed by atoms with Gasteiger partial charge in [-0.2, -0.15) is 4.99 Å².